The molecule has 0 saturated carbocycles. The highest BCUT2D eigenvalue weighted by Crippen LogP contribution is 2.43. The summed E-state index contributed by atoms with van der Waals surface area (Å²) in [5.74, 6) is 0. The Morgan fingerprint density at radius 2 is 0.927 bits per heavy atom. The van der Waals surface area contributed by atoms with Crippen LogP contribution in [0.2, 0.25) is 0 Å². The normalized spacial score (nSPS) is 12.0. The number of hydrogen-bond acceptors (Lipinski definition) is 1. The number of nitrogens with zero attached hydrogens (tertiary/aromatic N) is 2. The van der Waals surface area contributed by atoms with E-state index < -0.39 is 0 Å². The molecule has 0 bridgehead atoms. The van der Waals surface area contributed by atoms with E-state index in [1.54, 1.807) is 0 Å². The van der Waals surface area contributed by atoms with Crippen LogP contribution >= 0.6 is 0 Å². The molecule has 0 aliphatic heterocycles. The Labute approximate surface area is 316 Å². The molecule has 0 aliphatic rings. The predicted molar refractivity (Wildman–Crippen MR) is 231 cm³/mol. The molecule has 9 aromatic carbocycles. The van der Waals surface area contributed by atoms with Gasteiger partial charge in [0.05, 0.1) is 22.1 Å². The van der Waals surface area contributed by atoms with Gasteiger partial charge in [-0.15, -0.1) is 0 Å². The van der Waals surface area contributed by atoms with Gasteiger partial charge in [-0.05, 0) is 99.8 Å². The molecular formula is C52H32N2O. The monoisotopic (exact) mass is 700 g/mol. The summed E-state index contributed by atoms with van der Waals surface area (Å²) in [5, 5.41) is 9.55. The molecule has 0 fully saturated rings. The van der Waals surface area contributed by atoms with Crippen LogP contribution in [-0.4, -0.2) is 9.13 Å². The molecule has 0 atom stereocenters. The lowest BCUT2D eigenvalue weighted by Gasteiger charge is -2.11. The topological polar surface area (TPSA) is 23.0 Å². The molecule has 0 unspecified atom stereocenters. The maximum Gasteiger partial charge on any atom is 0.160 e. The molecule has 0 saturated heterocycles. The van der Waals surface area contributed by atoms with Gasteiger partial charge >= 0.3 is 0 Å². The van der Waals surface area contributed by atoms with Gasteiger partial charge in [0.15, 0.2) is 5.58 Å². The number of aromatic nitrogens is 2. The first-order chi connectivity index (χ1) is 27.3. The molecule has 0 aliphatic carbocycles. The van der Waals surface area contributed by atoms with E-state index in [-0.39, 0.29) is 0 Å². The third kappa shape index (κ3) is 4.50. The molecule has 3 heterocycles. The molecule has 0 N–H and O–H groups in total. The van der Waals surface area contributed by atoms with Gasteiger partial charge in [-0.3, -0.25) is 0 Å². The molecule has 12 rings (SSSR count). The molecule has 3 nitrogen and oxygen atoms in total. The molecule has 3 aromatic heterocycles. The van der Waals surface area contributed by atoms with Crippen molar-refractivity contribution in [2.24, 2.45) is 0 Å². The van der Waals surface area contributed by atoms with Crippen LogP contribution in [0.25, 0.3) is 110 Å². The molecule has 3 heteroatoms. The van der Waals surface area contributed by atoms with E-state index in [4.69, 9.17) is 4.42 Å². The Bertz CT molecular complexity index is 3490. The minimum absolute atomic E-state index is 0.903. The fourth-order valence-electron chi connectivity index (χ4n) is 8.93. The van der Waals surface area contributed by atoms with E-state index in [9.17, 15) is 0 Å². The van der Waals surface area contributed by atoms with E-state index in [2.05, 4.69) is 197 Å². The van der Waals surface area contributed by atoms with Crippen molar-refractivity contribution in [3.05, 3.63) is 194 Å². The van der Waals surface area contributed by atoms with Crippen molar-refractivity contribution in [1.29, 1.82) is 0 Å². The van der Waals surface area contributed by atoms with Gasteiger partial charge in [0.1, 0.15) is 5.58 Å². The number of fused-ring (bicyclic) bond motifs is 11. The highest BCUT2D eigenvalue weighted by Gasteiger charge is 2.20. The van der Waals surface area contributed by atoms with Gasteiger partial charge in [0, 0.05) is 43.7 Å². The Hall–Kier alpha value is -7.36. The van der Waals surface area contributed by atoms with Gasteiger partial charge in [-0.25, -0.2) is 0 Å². The number of furan rings is 1. The zero-order chi connectivity index (χ0) is 36.0. The van der Waals surface area contributed by atoms with Crippen LogP contribution < -0.4 is 0 Å². The van der Waals surface area contributed by atoms with Crippen molar-refractivity contribution < 1.29 is 4.42 Å². The molecule has 256 valence electrons. The van der Waals surface area contributed by atoms with Crippen molar-refractivity contribution in [3.8, 4) is 33.6 Å². The van der Waals surface area contributed by atoms with Crippen molar-refractivity contribution in [2.45, 2.75) is 0 Å². The second-order valence-electron chi connectivity index (χ2n) is 14.5. The summed E-state index contributed by atoms with van der Waals surface area (Å²) in [4.78, 5) is 0. The zero-order valence-corrected chi connectivity index (χ0v) is 29.8. The van der Waals surface area contributed by atoms with Gasteiger partial charge in [0.25, 0.3) is 0 Å². The first-order valence-corrected chi connectivity index (χ1v) is 18.8. The van der Waals surface area contributed by atoms with E-state index in [0.29, 0.717) is 0 Å². The van der Waals surface area contributed by atoms with E-state index in [0.717, 1.165) is 44.3 Å². The van der Waals surface area contributed by atoms with Crippen molar-refractivity contribution >= 4 is 76.3 Å². The average molecular weight is 701 g/mol. The van der Waals surface area contributed by atoms with E-state index in [1.165, 1.54) is 65.6 Å². The minimum Gasteiger partial charge on any atom is -0.454 e. The summed E-state index contributed by atoms with van der Waals surface area (Å²) in [6.45, 7) is 0. The molecular weight excluding hydrogens is 669 g/mol. The summed E-state index contributed by atoms with van der Waals surface area (Å²) in [7, 11) is 0. The van der Waals surface area contributed by atoms with E-state index in [1.807, 2.05) is 6.07 Å². The fourth-order valence-corrected chi connectivity index (χ4v) is 8.93. The van der Waals surface area contributed by atoms with Crippen LogP contribution in [0.5, 0.6) is 0 Å². The third-order valence-corrected chi connectivity index (χ3v) is 11.5. The van der Waals surface area contributed by atoms with Crippen molar-refractivity contribution in [3.63, 3.8) is 0 Å². The summed E-state index contributed by atoms with van der Waals surface area (Å²) in [5.41, 5.74) is 13.5. The molecule has 0 amide bonds. The van der Waals surface area contributed by atoms with Gasteiger partial charge in [-0.2, -0.15) is 0 Å². The highest BCUT2D eigenvalue weighted by atomic mass is 16.3. The summed E-state index contributed by atoms with van der Waals surface area (Å²) >= 11 is 0. The van der Waals surface area contributed by atoms with Crippen LogP contribution in [0.4, 0.5) is 0 Å². The molecule has 0 spiro atoms. The molecule has 55 heavy (non-hydrogen) atoms. The average Bonchev–Trinajstić information content (AvgIpc) is 3.91. The number of hydrogen-bond donors (Lipinski definition) is 0. The van der Waals surface area contributed by atoms with Crippen molar-refractivity contribution in [1.82, 2.24) is 9.13 Å². The SMILES string of the molecule is c1ccc(-c2cccc(-n3c4ccccc4c4cc(-c5ccc6c(c5)c5ccc7c8ccccc8oc7c5n6-c5ccc6ccccc6c5)ccc43)c2)cc1. The number of rotatable bonds is 4. The predicted octanol–water partition coefficient (Wildman–Crippen LogP) is 14.3. The van der Waals surface area contributed by atoms with Crippen LogP contribution in [0.15, 0.2) is 199 Å². The Balaban J connectivity index is 1.08. The Kier molecular flexibility index (Phi) is 6.34. The first kappa shape index (κ1) is 30.1. The molecule has 12 aromatic rings. The zero-order valence-electron chi connectivity index (χ0n) is 29.8. The fraction of sp³-hybridized carbons (Fsp3) is 0. The first-order valence-electron chi connectivity index (χ1n) is 18.8. The summed E-state index contributed by atoms with van der Waals surface area (Å²) in [6.07, 6.45) is 0. The van der Waals surface area contributed by atoms with Crippen LogP contribution in [0.1, 0.15) is 0 Å². The Morgan fingerprint density at radius 1 is 0.309 bits per heavy atom. The number of para-hydroxylation sites is 2. The lowest BCUT2D eigenvalue weighted by molar-refractivity contribution is 0.671. The van der Waals surface area contributed by atoms with Crippen molar-refractivity contribution in [2.75, 3.05) is 0 Å². The van der Waals surface area contributed by atoms with E-state index >= 15 is 0 Å². The third-order valence-electron chi connectivity index (χ3n) is 11.5. The van der Waals surface area contributed by atoms with Gasteiger partial charge < -0.3 is 13.6 Å². The highest BCUT2D eigenvalue weighted by molar-refractivity contribution is 6.22. The lowest BCUT2D eigenvalue weighted by atomic mass is 10.0. The summed E-state index contributed by atoms with van der Waals surface area (Å²) in [6, 6.07) is 70.3. The van der Waals surface area contributed by atoms with Crippen LogP contribution in [-0.2, 0) is 0 Å². The van der Waals surface area contributed by atoms with Gasteiger partial charge in [0.2, 0.25) is 0 Å². The standard InChI is InChI=1S/C52H32N2O/c1-2-11-33(12-3-1)36-15-10-16-39(29-36)53-47-19-8-6-17-41(47)45-31-37(22-27-48(45)53)38-23-28-49-46(32-38)43-25-26-44-42-18-7-9-20-50(42)55-52(44)51(43)54(49)40-24-21-34-13-4-5-14-35(34)30-40/h1-32H. The Morgan fingerprint density at radius 3 is 1.78 bits per heavy atom. The van der Waals surface area contributed by atoms with Gasteiger partial charge in [-0.1, -0.05) is 127 Å². The molecule has 0 radical (unpaired) electrons. The smallest absolute Gasteiger partial charge is 0.160 e. The minimum atomic E-state index is 0.903. The number of benzene rings is 9. The second-order valence-corrected chi connectivity index (χ2v) is 14.5. The lowest BCUT2D eigenvalue weighted by Crippen LogP contribution is -1.94. The van der Waals surface area contributed by atoms with Crippen LogP contribution in [0.3, 0.4) is 0 Å². The maximum absolute atomic E-state index is 6.70. The maximum atomic E-state index is 6.70. The largest absolute Gasteiger partial charge is 0.454 e. The summed E-state index contributed by atoms with van der Waals surface area (Å²) < 4.78 is 11.5. The second kappa shape index (κ2) is 11.6. The quantitative estimate of drug-likeness (QED) is 0.179. The van der Waals surface area contributed by atoms with Crippen LogP contribution in [0, 0.1) is 0 Å².